The number of nitrogens with two attached hydrogens (primary N) is 1. The average molecular weight is 423 g/mol. The van der Waals surface area contributed by atoms with E-state index in [4.69, 9.17) is 17.3 Å². The van der Waals surface area contributed by atoms with Gasteiger partial charge in [-0.1, -0.05) is 60.1 Å². The molecule has 3 aromatic rings. The van der Waals surface area contributed by atoms with Gasteiger partial charge in [0.15, 0.2) is 0 Å². The van der Waals surface area contributed by atoms with Crippen molar-refractivity contribution in [3.63, 3.8) is 0 Å². The predicted octanol–water partition coefficient (Wildman–Crippen LogP) is 4.84. The SMILES string of the molecule is NC(=O)C(c1ccccc1)N(C(=O)c1ccccc1)[C@@H]1CCc2c(Cl)cc(F)cc21. The van der Waals surface area contributed by atoms with Crippen LogP contribution < -0.4 is 5.73 Å². The number of nitrogens with zero attached hydrogens (tertiary/aromatic N) is 1. The number of hydrogen-bond acceptors (Lipinski definition) is 2. The molecule has 0 aliphatic heterocycles. The second-order valence-corrected chi connectivity index (χ2v) is 7.71. The van der Waals surface area contributed by atoms with Crippen molar-refractivity contribution < 1.29 is 14.0 Å². The molecule has 0 bridgehead atoms. The van der Waals surface area contributed by atoms with Gasteiger partial charge in [0.1, 0.15) is 11.9 Å². The molecule has 0 radical (unpaired) electrons. The maximum atomic E-state index is 14.2. The van der Waals surface area contributed by atoms with Gasteiger partial charge < -0.3 is 10.6 Å². The Hall–Kier alpha value is -3.18. The van der Waals surface area contributed by atoms with Gasteiger partial charge in [-0.25, -0.2) is 4.39 Å². The Morgan fingerprint density at radius 1 is 1.03 bits per heavy atom. The van der Waals surface area contributed by atoms with Gasteiger partial charge in [0.05, 0.1) is 6.04 Å². The van der Waals surface area contributed by atoms with Gasteiger partial charge >= 0.3 is 0 Å². The minimum Gasteiger partial charge on any atom is -0.368 e. The molecular formula is C24H20ClFN2O2. The van der Waals surface area contributed by atoms with Gasteiger partial charge in [0, 0.05) is 10.6 Å². The Morgan fingerprint density at radius 3 is 2.30 bits per heavy atom. The number of carbonyl (C=O) groups is 2. The van der Waals surface area contributed by atoms with Crippen LogP contribution in [0.2, 0.25) is 5.02 Å². The highest BCUT2D eigenvalue weighted by Crippen LogP contribution is 2.43. The van der Waals surface area contributed by atoms with E-state index >= 15 is 0 Å². The van der Waals surface area contributed by atoms with Crippen LogP contribution in [-0.4, -0.2) is 16.7 Å². The molecule has 0 heterocycles. The van der Waals surface area contributed by atoms with Gasteiger partial charge in [-0.2, -0.15) is 0 Å². The van der Waals surface area contributed by atoms with Crippen LogP contribution in [0, 0.1) is 5.82 Å². The third-order valence-electron chi connectivity index (χ3n) is 5.48. The fourth-order valence-corrected chi connectivity index (χ4v) is 4.48. The van der Waals surface area contributed by atoms with Crippen molar-refractivity contribution in [3.8, 4) is 0 Å². The van der Waals surface area contributed by atoms with Crippen LogP contribution >= 0.6 is 11.6 Å². The van der Waals surface area contributed by atoms with E-state index in [0.717, 1.165) is 5.56 Å². The first-order chi connectivity index (χ1) is 14.5. The van der Waals surface area contributed by atoms with Crippen LogP contribution in [0.25, 0.3) is 0 Å². The Kier molecular flexibility index (Phi) is 5.55. The van der Waals surface area contributed by atoms with E-state index in [1.165, 1.54) is 17.0 Å². The standard InChI is InChI=1S/C24H20ClFN2O2/c25-20-14-17(26)13-19-18(20)11-12-21(19)28(24(30)16-9-5-2-6-10-16)22(23(27)29)15-7-3-1-4-8-15/h1-10,13-14,21-22H,11-12H2,(H2,27,29)/t21-,22?/m1/s1. The first-order valence-corrected chi connectivity index (χ1v) is 10.0. The second-order valence-electron chi connectivity index (χ2n) is 7.30. The summed E-state index contributed by atoms with van der Waals surface area (Å²) in [6.45, 7) is 0. The quantitative estimate of drug-likeness (QED) is 0.639. The van der Waals surface area contributed by atoms with Crippen molar-refractivity contribution in [2.75, 3.05) is 0 Å². The number of primary amides is 1. The van der Waals surface area contributed by atoms with Crippen molar-refractivity contribution in [1.29, 1.82) is 0 Å². The molecule has 1 aliphatic carbocycles. The molecule has 0 spiro atoms. The van der Waals surface area contributed by atoms with E-state index in [2.05, 4.69) is 0 Å². The van der Waals surface area contributed by atoms with Gasteiger partial charge in [-0.15, -0.1) is 0 Å². The summed E-state index contributed by atoms with van der Waals surface area (Å²) in [6.07, 6.45) is 1.10. The first kappa shape index (κ1) is 20.1. The molecule has 3 aromatic carbocycles. The van der Waals surface area contributed by atoms with Crippen LogP contribution in [-0.2, 0) is 11.2 Å². The van der Waals surface area contributed by atoms with Crippen LogP contribution in [0.1, 0.15) is 45.6 Å². The van der Waals surface area contributed by atoms with Crippen LogP contribution in [0.4, 0.5) is 4.39 Å². The van der Waals surface area contributed by atoms with Gasteiger partial charge in [-0.3, -0.25) is 9.59 Å². The molecule has 1 aliphatic rings. The van der Waals surface area contributed by atoms with Crippen LogP contribution in [0.15, 0.2) is 72.8 Å². The summed E-state index contributed by atoms with van der Waals surface area (Å²) in [5.41, 5.74) is 8.24. The van der Waals surface area contributed by atoms with E-state index in [1.54, 1.807) is 48.5 Å². The van der Waals surface area contributed by atoms with E-state index in [9.17, 15) is 14.0 Å². The van der Waals surface area contributed by atoms with Crippen LogP contribution in [0.3, 0.4) is 0 Å². The highest BCUT2D eigenvalue weighted by molar-refractivity contribution is 6.31. The lowest BCUT2D eigenvalue weighted by Crippen LogP contribution is -2.43. The Morgan fingerprint density at radius 2 is 1.67 bits per heavy atom. The number of amides is 2. The number of hydrogen-bond donors (Lipinski definition) is 1. The molecule has 0 saturated carbocycles. The summed E-state index contributed by atoms with van der Waals surface area (Å²) in [5, 5.41) is 0.329. The highest BCUT2D eigenvalue weighted by atomic mass is 35.5. The maximum absolute atomic E-state index is 14.2. The second kappa shape index (κ2) is 8.28. The predicted molar refractivity (Wildman–Crippen MR) is 113 cm³/mol. The lowest BCUT2D eigenvalue weighted by atomic mass is 9.98. The third kappa shape index (κ3) is 3.68. The minimum atomic E-state index is -1.00. The molecule has 4 nitrogen and oxygen atoms in total. The Balaban J connectivity index is 1.88. The number of benzene rings is 3. The van der Waals surface area contributed by atoms with Crippen molar-refractivity contribution in [1.82, 2.24) is 4.90 Å². The zero-order chi connectivity index (χ0) is 21.3. The lowest BCUT2D eigenvalue weighted by Gasteiger charge is -2.36. The topological polar surface area (TPSA) is 63.4 Å². The zero-order valence-corrected chi connectivity index (χ0v) is 16.9. The van der Waals surface area contributed by atoms with Crippen molar-refractivity contribution in [2.45, 2.75) is 24.9 Å². The molecule has 1 unspecified atom stereocenters. The summed E-state index contributed by atoms with van der Waals surface area (Å²) in [4.78, 5) is 27.7. The molecule has 2 atom stereocenters. The largest absolute Gasteiger partial charge is 0.368 e. The first-order valence-electron chi connectivity index (χ1n) is 9.67. The Labute approximate surface area is 179 Å². The lowest BCUT2D eigenvalue weighted by molar-refractivity contribution is -0.123. The van der Waals surface area contributed by atoms with E-state index < -0.39 is 23.8 Å². The molecule has 0 aromatic heterocycles. The summed E-state index contributed by atoms with van der Waals surface area (Å²) >= 11 is 6.27. The number of halogens is 2. The molecule has 4 rings (SSSR count). The smallest absolute Gasteiger partial charge is 0.255 e. The minimum absolute atomic E-state index is 0.329. The molecular weight excluding hydrogens is 403 g/mol. The molecule has 6 heteroatoms. The van der Waals surface area contributed by atoms with E-state index in [-0.39, 0.29) is 5.91 Å². The van der Waals surface area contributed by atoms with Crippen LogP contribution in [0.5, 0.6) is 0 Å². The number of rotatable bonds is 5. The van der Waals surface area contributed by atoms with E-state index in [1.807, 2.05) is 12.1 Å². The number of carbonyl (C=O) groups excluding carboxylic acids is 2. The molecule has 0 saturated heterocycles. The Bertz CT molecular complexity index is 1090. The molecule has 30 heavy (non-hydrogen) atoms. The van der Waals surface area contributed by atoms with Crippen molar-refractivity contribution >= 4 is 23.4 Å². The fourth-order valence-electron chi connectivity index (χ4n) is 4.18. The monoisotopic (exact) mass is 422 g/mol. The van der Waals surface area contributed by atoms with Crippen molar-refractivity contribution in [2.24, 2.45) is 5.73 Å². The van der Waals surface area contributed by atoms with Gasteiger partial charge in [0.25, 0.3) is 5.91 Å². The molecule has 152 valence electrons. The summed E-state index contributed by atoms with van der Waals surface area (Å²) < 4.78 is 14.2. The molecule has 2 amide bonds. The maximum Gasteiger partial charge on any atom is 0.255 e. The summed E-state index contributed by atoms with van der Waals surface area (Å²) in [5.74, 6) is -1.48. The van der Waals surface area contributed by atoms with Gasteiger partial charge in [-0.05, 0) is 53.8 Å². The molecule has 0 fully saturated rings. The zero-order valence-electron chi connectivity index (χ0n) is 16.1. The fraction of sp³-hybridized carbons (Fsp3) is 0.167. The molecule has 2 N–H and O–H groups in total. The normalized spacial score (nSPS) is 16.0. The van der Waals surface area contributed by atoms with E-state index in [0.29, 0.717) is 34.6 Å². The summed E-state index contributed by atoms with van der Waals surface area (Å²) in [7, 11) is 0. The van der Waals surface area contributed by atoms with Gasteiger partial charge in [0.2, 0.25) is 5.91 Å². The third-order valence-corrected chi connectivity index (χ3v) is 5.81. The van der Waals surface area contributed by atoms with Crippen molar-refractivity contribution in [3.05, 3.63) is 106 Å². The average Bonchev–Trinajstić information content (AvgIpc) is 3.16. The summed E-state index contributed by atoms with van der Waals surface area (Å²) in [6, 6.07) is 18.8. The number of fused-ring (bicyclic) bond motifs is 1. The highest BCUT2D eigenvalue weighted by Gasteiger charge is 2.40.